The minimum Gasteiger partial charge on any atom is -0.465 e. The molecule has 0 amide bonds. The van der Waals surface area contributed by atoms with Gasteiger partial charge in [-0.1, -0.05) is 72.1 Å². The minimum absolute atomic E-state index is 0.192. The predicted octanol–water partition coefficient (Wildman–Crippen LogP) is 6.07. The maximum atomic E-state index is 12.6. The Kier molecular flexibility index (Phi) is 13.3. The van der Waals surface area contributed by atoms with E-state index in [0.717, 1.165) is 44.9 Å². The Morgan fingerprint density at radius 3 is 1.70 bits per heavy atom. The van der Waals surface area contributed by atoms with Gasteiger partial charge in [-0.3, -0.25) is 9.59 Å². The number of hydrogen-bond acceptors (Lipinski definition) is 4. The molecule has 0 N–H and O–H groups in total. The molecule has 1 fully saturated rings. The first-order valence-electron chi connectivity index (χ1n) is 11.4. The molecule has 0 bridgehead atoms. The van der Waals surface area contributed by atoms with Crippen molar-refractivity contribution < 1.29 is 19.1 Å². The molecule has 1 saturated carbocycles. The van der Waals surface area contributed by atoms with Crippen LogP contribution < -0.4 is 0 Å². The summed E-state index contributed by atoms with van der Waals surface area (Å²) in [6, 6.07) is 0. The van der Waals surface area contributed by atoms with Gasteiger partial charge in [0, 0.05) is 0 Å². The second-order valence-corrected chi connectivity index (χ2v) is 8.29. The third-order valence-electron chi connectivity index (χ3n) is 5.70. The van der Waals surface area contributed by atoms with E-state index in [-0.39, 0.29) is 23.8 Å². The average Bonchev–Trinajstić information content (AvgIpc) is 2.66. The van der Waals surface area contributed by atoms with Crippen LogP contribution >= 0.6 is 0 Å². The highest BCUT2D eigenvalue weighted by Crippen LogP contribution is 2.35. The number of rotatable bonds is 14. The van der Waals surface area contributed by atoms with Gasteiger partial charge in [0.05, 0.1) is 25.0 Å². The molecule has 1 aliphatic carbocycles. The van der Waals surface area contributed by atoms with Crippen LogP contribution in [0.3, 0.4) is 0 Å². The molecule has 0 aromatic rings. The van der Waals surface area contributed by atoms with E-state index in [4.69, 9.17) is 9.47 Å². The smallest absolute Gasteiger partial charge is 0.309 e. The van der Waals surface area contributed by atoms with Crippen LogP contribution in [0.25, 0.3) is 0 Å². The van der Waals surface area contributed by atoms with E-state index in [1.54, 1.807) is 0 Å². The van der Waals surface area contributed by atoms with Crippen LogP contribution in [0, 0.1) is 17.8 Å². The molecule has 4 heteroatoms. The number of carbonyl (C=O) groups excluding carboxylic acids is 2. The zero-order valence-electron chi connectivity index (χ0n) is 18.0. The number of ether oxygens (including phenoxy) is 2. The maximum absolute atomic E-state index is 12.6. The standard InChI is InChI=1S/C23H42O4/c1-4-6-8-10-12-16-26-22(24)20-15-14-19(3)18-21(20)23(25)27-17-13-11-9-7-5-2/h19-21H,4-18H2,1-3H3. The quantitative estimate of drug-likeness (QED) is 0.270. The molecule has 4 nitrogen and oxygen atoms in total. The third-order valence-corrected chi connectivity index (χ3v) is 5.70. The summed E-state index contributed by atoms with van der Waals surface area (Å²) in [5.41, 5.74) is 0. The Labute approximate surface area is 166 Å². The summed E-state index contributed by atoms with van der Waals surface area (Å²) in [5, 5.41) is 0. The van der Waals surface area contributed by atoms with Crippen molar-refractivity contribution in [2.75, 3.05) is 13.2 Å². The van der Waals surface area contributed by atoms with E-state index >= 15 is 0 Å². The molecule has 27 heavy (non-hydrogen) atoms. The number of esters is 2. The Morgan fingerprint density at radius 2 is 1.19 bits per heavy atom. The molecule has 158 valence electrons. The van der Waals surface area contributed by atoms with Crippen LogP contribution in [0.1, 0.15) is 104 Å². The Hall–Kier alpha value is -1.06. The molecule has 0 aliphatic heterocycles. The molecule has 0 radical (unpaired) electrons. The van der Waals surface area contributed by atoms with Gasteiger partial charge in [-0.2, -0.15) is 0 Å². The van der Waals surface area contributed by atoms with Crippen molar-refractivity contribution in [3.8, 4) is 0 Å². The molecular weight excluding hydrogens is 340 g/mol. The monoisotopic (exact) mass is 382 g/mol. The van der Waals surface area contributed by atoms with Crippen LogP contribution in [0.4, 0.5) is 0 Å². The molecule has 0 aromatic carbocycles. The molecule has 0 saturated heterocycles. The minimum atomic E-state index is -0.322. The van der Waals surface area contributed by atoms with Gasteiger partial charge in [0.15, 0.2) is 0 Å². The van der Waals surface area contributed by atoms with Gasteiger partial charge in [-0.15, -0.1) is 0 Å². The first kappa shape index (κ1) is 24.0. The summed E-state index contributed by atoms with van der Waals surface area (Å²) in [6.07, 6.45) is 13.8. The molecule has 1 aliphatic rings. The summed E-state index contributed by atoms with van der Waals surface area (Å²) in [6.45, 7) is 7.49. The fourth-order valence-electron chi connectivity index (χ4n) is 3.89. The second-order valence-electron chi connectivity index (χ2n) is 8.29. The van der Waals surface area contributed by atoms with Crippen LogP contribution in [0.2, 0.25) is 0 Å². The summed E-state index contributed by atoms with van der Waals surface area (Å²) >= 11 is 0. The first-order valence-corrected chi connectivity index (χ1v) is 11.4. The van der Waals surface area contributed by atoms with Gasteiger partial charge in [0.2, 0.25) is 0 Å². The average molecular weight is 383 g/mol. The number of unbranched alkanes of at least 4 members (excludes halogenated alkanes) is 8. The topological polar surface area (TPSA) is 52.6 Å². The van der Waals surface area contributed by atoms with E-state index in [2.05, 4.69) is 20.8 Å². The molecule has 0 heterocycles. The van der Waals surface area contributed by atoms with Crippen molar-refractivity contribution in [1.29, 1.82) is 0 Å². The zero-order valence-corrected chi connectivity index (χ0v) is 18.0. The lowest BCUT2D eigenvalue weighted by molar-refractivity contribution is -0.163. The highest BCUT2D eigenvalue weighted by molar-refractivity contribution is 5.82. The molecule has 0 aromatic heterocycles. The normalized spacial score (nSPS) is 22.4. The fourth-order valence-corrected chi connectivity index (χ4v) is 3.89. The Bertz CT molecular complexity index is 407. The van der Waals surface area contributed by atoms with Crippen molar-refractivity contribution in [2.45, 2.75) is 104 Å². The number of hydrogen-bond donors (Lipinski definition) is 0. The predicted molar refractivity (Wildman–Crippen MR) is 109 cm³/mol. The lowest BCUT2D eigenvalue weighted by Gasteiger charge is -2.31. The molecule has 0 spiro atoms. The first-order chi connectivity index (χ1) is 13.1. The van der Waals surface area contributed by atoms with Crippen molar-refractivity contribution in [1.82, 2.24) is 0 Å². The summed E-state index contributed by atoms with van der Waals surface area (Å²) in [5.74, 6) is -0.559. The van der Waals surface area contributed by atoms with Gasteiger partial charge >= 0.3 is 11.9 Å². The van der Waals surface area contributed by atoms with Crippen molar-refractivity contribution in [2.24, 2.45) is 17.8 Å². The van der Waals surface area contributed by atoms with E-state index in [1.165, 1.54) is 38.5 Å². The Balaban J connectivity index is 2.36. The summed E-state index contributed by atoms with van der Waals surface area (Å²) in [4.78, 5) is 25.1. The van der Waals surface area contributed by atoms with Crippen molar-refractivity contribution >= 4 is 11.9 Å². The van der Waals surface area contributed by atoms with E-state index in [1.807, 2.05) is 0 Å². The fraction of sp³-hybridized carbons (Fsp3) is 0.913. The van der Waals surface area contributed by atoms with Gasteiger partial charge in [-0.25, -0.2) is 0 Å². The molecule has 3 unspecified atom stereocenters. The zero-order chi connectivity index (χ0) is 19.9. The van der Waals surface area contributed by atoms with E-state index in [9.17, 15) is 9.59 Å². The highest BCUT2D eigenvalue weighted by atomic mass is 16.5. The molecule has 1 rings (SSSR count). The van der Waals surface area contributed by atoms with Crippen LogP contribution in [-0.4, -0.2) is 25.2 Å². The van der Waals surface area contributed by atoms with Crippen LogP contribution in [-0.2, 0) is 19.1 Å². The third kappa shape index (κ3) is 10.2. The molecular formula is C23H42O4. The lowest BCUT2D eigenvalue weighted by Crippen LogP contribution is -2.37. The summed E-state index contributed by atoms with van der Waals surface area (Å²) < 4.78 is 11.0. The molecule has 3 atom stereocenters. The lowest BCUT2D eigenvalue weighted by atomic mass is 9.74. The number of carbonyl (C=O) groups is 2. The SMILES string of the molecule is CCCCCCCOC(=O)C1CCC(C)CC1C(=O)OCCCCCCC. The summed E-state index contributed by atoms with van der Waals surface area (Å²) in [7, 11) is 0. The van der Waals surface area contributed by atoms with Gasteiger partial charge < -0.3 is 9.47 Å². The maximum Gasteiger partial charge on any atom is 0.309 e. The van der Waals surface area contributed by atoms with Gasteiger partial charge in [0.25, 0.3) is 0 Å². The highest BCUT2D eigenvalue weighted by Gasteiger charge is 2.40. The van der Waals surface area contributed by atoms with Gasteiger partial charge in [-0.05, 0) is 38.0 Å². The van der Waals surface area contributed by atoms with Crippen LogP contribution in [0.5, 0.6) is 0 Å². The van der Waals surface area contributed by atoms with E-state index < -0.39 is 0 Å². The van der Waals surface area contributed by atoms with Crippen LogP contribution in [0.15, 0.2) is 0 Å². The van der Waals surface area contributed by atoms with Gasteiger partial charge in [0.1, 0.15) is 0 Å². The van der Waals surface area contributed by atoms with E-state index in [0.29, 0.717) is 19.1 Å². The largest absolute Gasteiger partial charge is 0.465 e. The second kappa shape index (κ2) is 14.9. The van der Waals surface area contributed by atoms with Crippen molar-refractivity contribution in [3.63, 3.8) is 0 Å². The Morgan fingerprint density at radius 1 is 0.704 bits per heavy atom. The van der Waals surface area contributed by atoms with Crippen molar-refractivity contribution in [3.05, 3.63) is 0 Å².